The Morgan fingerprint density at radius 3 is 2.66 bits per heavy atom. The summed E-state index contributed by atoms with van der Waals surface area (Å²) in [5.41, 5.74) is 2.22. The number of nitrogens with zero attached hydrogens (tertiary/aromatic N) is 2. The van der Waals surface area contributed by atoms with Crippen molar-refractivity contribution in [2.24, 2.45) is 5.92 Å². The average Bonchev–Trinajstić information content (AvgIpc) is 3.32. The number of benzene rings is 1. The van der Waals surface area contributed by atoms with Crippen LogP contribution in [0.3, 0.4) is 0 Å². The quantitative estimate of drug-likeness (QED) is 0.639. The molecule has 0 radical (unpaired) electrons. The molecular formula is C26H35N3O3. The number of likely N-dealkylation sites (tertiary alicyclic amines) is 1. The third-order valence-corrected chi connectivity index (χ3v) is 6.61. The Kier molecular flexibility index (Phi) is 8.13. The first-order valence-corrected chi connectivity index (χ1v) is 11.9. The zero-order chi connectivity index (χ0) is 22.2. The molecule has 2 aliphatic rings. The number of aromatic nitrogens is 1. The highest BCUT2D eigenvalue weighted by Gasteiger charge is 2.29. The molecule has 0 bridgehead atoms. The molecule has 2 heterocycles. The fourth-order valence-electron chi connectivity index (χ4n) is 4.96. The van der Waals surface area contributed by atoms with Crippen molar-refractivity contribution in [3.05, 3.63) is 59.9 Å². The summed E-state index contributed by atoms with van der Waals surface area (Å²) in [5, 5.41) is 3.15. The fraction of sp³-hybridized carbons (Fsp3) is 0.538. The lowest BCUT2D eigenvalue weighted by Crippen LogP contribution is -2.41. The van der Waals surface area contributed by atoms with Crippen LogP contribution in [-0.2, 0) is 16.1 Å². The van der Waals surface area contributed by atoms with E-state index in [1.165, 1.54) is 31.2 Å². The topological polar surface area (TPSA) is 63.7 Å². The molecule has 1 aromatic heterocycles. The summed E-state index contributed by atoms with van der Waals surface area (Å²) in [6.45, 7) is 3.00. The number of carbonyl (C=O) groups is 1. The average molecular weight is 438 g/mol. The van der Waals surface area contributed by atoms with E-state index in [2.05, 4.69) is 39.5 Å². The molecule has 1 aromatic carbocycles. The van der Waals surface area contributed by atoms with Crippen molar-refractivity contribution in [2.45, 2.75) is 57.2 Å². The van der Waals surface area contributed by atoms with Crippen LogP contribution in [0, 0.1) is 5.92 Å². The molecule has 1 aliphatic heterocycles. The van der Waals surface area contributed by atoms with Crippen LogP contribution in [-0.4, -0.2) is 48.7 Å². The van der Waals surface area contributed by atoms with E-state index >= 15 is 0 Å². The van der Waals surface area contributed by atoms with Gasteiger partial charge < -0.3 is 14.8 Å². The second kappa shape index (κ2) is 11.4. The van der Waals surface area contributed by atoms with Crippen LogP contribution in [0.15, 0.2) is 48.7 Å². The Hall–Kier alpha value is -2.44. The SMILES string of the molecule is COCC(=O)NC(c1ccccn1)C1CCN(Cc2cccc(OC3CCCC3)c2)CC1. The molecule has 0 spiro atoms. The van der Waals surface area contributed by atoms with Crippen molar-refractivity contribution in [1.82, 2.24) is 15.2 Å². The maximum atomic E-state index is 12.2. The molecule has 1 N–H and O–H groups in total. The lowest BCUT2D eigenvalue weighted by molar-refractivity contribution is -0.126. The monoisotopic (exact) mass is 437 g/mol. The Morgan fingerprint density at radius 2 is 1.94 bits per heavy atom. The summed E-state index contributed by atoms with van der Waals surface area (Å²) in [7, 11) is 1.54. The predicted octanol–water partition coefficient (Wildman–Crippen LogP) is 4.12. The Morgan fingerprint density at radius 1 is 1.12 bits per heavy atom. The van der Waals surface area contributed by atoms with Crippen molar-refractivity contribution in [2.75, 3.05) is 26.8 Å². The van der Waals surface area contributed by atoms with Gasteiger partial charge >= 0.3 is 0 Å². The molecule has 4 rings (SSSR count). The van der Waals surface area contributed by atoms with Crippen LogP contribution in [0.2, 0.25) is 0 Å². The molecule has 1 amide bonds. The number of amides is 1. The molecule has 1 aliphatic carbocycles. The summed E-state index contributed by atoms with van der Waals surface area (Å²) in [4.78, 5) is 19.3. The summed E-state index contributed by atoms with van der Waals surface area (Å²) in [6.07, 6.45) is 9.14. The van der Waals surface area contributed by atoms with E-state index in [1.54, 1.807) is 13.3 Å². The molecule has 1 saturated carbocycles. The van der Waals surface area contributed by atoms with Crippen LogP contribution in [0.4, 0.5) is 0 Å². The maximum Gasteiger partial charge on any atom is 0.246 e. The summed E-state index contributed by atoms with van der Waals surface area (Å²) < 4.78 is 11.2. The van der Waals surface area contributed by atoms with E-state index in [0.717, 1.165) is 43.9 Å². The van der Waals surface area contributed by atoms with Gasteiger partial charge in [0.2, 0.25) is 5.91 Å². The second-order valence-corrected chi connectivity index (χ2v) is 9.02. The number of methoxy groups -OCH3 is 1. The molecule has 172 valence electrons. The standard InChI is InChI=1S/C26H35N3O3/c1-31-19-25(30)28-26(24-11-4-5-14-27-24)21-12-15-29(16-13-21)18-20-7-6-10-23(17-20)32-22-8-2-3-9-22/h4-7,10-11,14,17,21-22,26H,2-3,8-9,12-13,15-16,18-19H2,1H3,(H,28,30). The number of nitrogens with one attached hydrogen (secondary N) is 1. The van der Waals surface area contributed by atoms with Crippen LogP contribution in [0.1, 0.15) is 55.8 Å². The van der Waals surface area contributed by atoms with E-state index in [0.29, 0.717) is 12.0 Å². The van der Waals surface area contributed by atoms with Gasteiger partial charge in [0.25, 0.3) is 0 Å². The van der Waals surface area contributed by atoms with E-state index < -0.39 is 0 Å². The van der Waals surface area contributed by atoms with Crippen molar-refractivity contribution >= 4 is 5.91 Å². The number of rotatable bonds is 9. The third kappa shape index (κ3) is 6.30. The molecule has 1 saturated heterocycles. The Labute approximate surface area is 191 Å². The molecule has 6 heteroatoms. The van der Waals surface area contributed by atoms with E-state index in [1.807, 2.05) is 18.2 Å². The highest BCUT2D eigenvalue weighted by atomic mass is 16.5. The molecule has 1 atom stereocenters. The fourth-order valence-corrected chi connectivity index (χ4v) is 4.96. The normalized spacial score (nSPS) is 19.0. The van der Waals surface area contributed by atoms with Gasteiger partial charge in [0.1, 0.15) is 12.4 Å². The van der Waals surface area contributed by atoms with E-state index in [4.69, 9.17) is 9.47 Å². The molecule has 6 nitrogen and oxygen atoms in total. The number of ether oxygens (including phenoxy) is 2. The summed E-state index contributed by atoms with van der Waals surface area (Å²) in [6, 6.07) is 14.4. The van der Waals surface area contributed by atoms with Crippen LogP contribution < -0.4 is 10.1 Å². The summed E-state index contributed by atoms with van der Waals surface area (Å²) in [5.74, 6) is 1.27. The van der Waals surface area contributed by atoms with Gasteiger partial charge in [-0.3, -0.25) is 14.7 Å². The minimum Gasteiger partial charge on any atom is -0.490 e. The molecular weight excluding hydrogens is 402 g/mol. The largest absolute Gasteiger partial charge is 0.490 e. The van der Waals surface area contributed by atoms with Crippen LogP contribution in [0.25, 0.3) is 0 Å². The predicted molar refractivity (Wildman–Crippen MR) is 124 cm³/mol. The lowest BCUT2D eigenvalue weighted by atomic mass is 9.87. The third-order valence-electron chi connectivity index (χ3n) is 6.61. The van der Waals surface area contributed by atoms with Crippen LogP contribution in [0.5, 0.6) is 5.75 Å². The Balaban J connectivity index is 1.33. The van der Waals surface area contributed by atoms with Gasteiger partial charge in [0.05, 0.1) is 17.8 Å². The first-order valence-electron chi connectivity index (χ1n) is 11.9. The molecule has 32 heavy (non-hydrogen) atoms. The minimum absolute atomic E-state index is 0.0709. The van der Waals surface area contributed by atoms with Crippen molar-refractivity contribution < 1.29 is 14.3 Å². The highest BCUT2D eigenvalue weighted by Crippen LogP contribution is 2.31. The van der Waals surface area contributed by atoms with E-state index in [9.17, 15) is 4.79 Å². The number of hydrogen-bond donors (Lipinski definition) is 1. The number of hydrogen-bond acceptors (Lipinski definition) is 5. The van der Waals surface area contributed by atoms with Gasteiger partial charge in [-0.2, -0.15) is 0 Å². The first kappa shape index (κ1) is 22.7. The lowest BCUT2D eigenvalue weighted by Gasteiger charge is -2.36. The zero-order valence-electron chi connectivity index (χ0n) is 19.0. The van der Waals surface area contributed by atoms with Gasteiger partial charge in [-0.15, -0.1) is 0 Å². The molecule has 2 aromatic rings. The van der Waals surface area contributed by atoms with Crippen LogP contribution >= 0.6 is 0 Å². The summed E-state index contributed by atoms with van der Waals surface area (Å²) >= 11 is 0. The number of carbonyl (C=O) groups excluding carboxylic acids is 1. The molecule has 2 fully saturated rings. The highest BCUT2D eigenvalue weighted by molar-refractivity contribution is 5.77. The first-order chi connectivity index (χ1) is 15.7. The second-order valence-electron chi connectivity index (χ2n) is 9.02. The van der Waals surface area contributed by atoms with Gasteiger partial charge in [-0.25, -0.2) is 0 Å². The zero-order valence-corrected chi connectivity index (χ0v) is 19.0. The minimum atomic E-state index is -0.0929. The number of pyridine rings is 1. The number of piperidine rings is 1. The smallest absolute Gasteiger partial charge is 0.246 e. The van der Waals surface area contributed by atoms with Crippen molar-refractivity contribution in [3.63, 3.8) is 0 Å². The maximum absolute atomic E-state index is 12.2. The van der Waals surface area contributed by atoms with Gasteiger partial charge in [-0.05, 0) is 87.4 Å². The van der Waals surface area contributed by atoms with Gasteiger partial charge in [-0.1, -0.05) is 18.2 Å². The van der Waals surface area contributed by atoms with Gasteiger partial charge in [0.15, 0.2) is 0 Å². The van der Waals surface area contributed by atoms with Crippen molar-refractivity contribution in [3.8, 4) is 5.75 Å². The Bertz CT molecular complexity index is 846. The molecule has 1 unspecified atom stereocenters. The van der Waals surface area contributed by atoms with Crippen molar-refractivity contribution in [1.29, 1.82) is 0 Å². The van der Waals surface area contributed by atoms with Gasteiger partial charge in [0, 0.05) is 19.9 Å². The van der Waals surface area contributed by atoms with E-state index in [-0.39, 0.29) is 18.6 Å².